The predicted octanol–water partition coefficient (Wildman–Crippen LogP) is 3.52. The molecular formula is C13H15F3N2O. The summed E-state index contributed by atoms with van der Waals surface area (Å²) in [7, 11) is 1.54. The van der Waals surface area contributed by atoms with E-state index in [2.05, 4.69) is 4.98 Å². The molecule has 0 aliphatic carbocycles. The molecule has 0 spiro atoms. The minimum atomic E-state index is -4.18. The normalized spacial score (nSPS) is 13.7. The summed E-state index contributed by atoms with van der Waals surface area (Å²) in [4.78, 5) is 3.00. The largest absolute Gasteiger partial charge is 0.497 e. The fourth-order valence-corrected chi connectivity index (χ4v) is 2.03. The summed E-state index contributed by atoms with van der Waals surface area (Å²) >= 11 is 0. The lowest BCUT2D eigenvalue weighted by atomic mass is 10.0. The van der Waals surface area contributed by atoms with Crippen molar-refractivity contribution in [2.24, 2.45) is 5.73 Å². The lowest BCUT2D eigenvalue weighted by Crippen LogP contribution is -2.15. The Labute approximate surface area is 108 Å². The van der Waals surface area contributed by atoms with E-state index in [0.29, 0.717) is 11.3 Å². The molecule has 0 fully saturated rings. The second-order valence-electron chi connectivity index (χ2n) is 4.42. The van der Waals surface area contributed by atoms with Crippen LogP contribution in [0.2, 0.25) is 0 Å². The van der Waals surface area contributed by atoms with Crippen LogP contribution in [0.15, 0.2) is 24.4 Å². The van der Waals surface area contributed by atoms with Crippen molar-refractivity contribution in [2.75, 3.05) is 7.11 Å². The molecule has 0 unspecified atom stereocenters. The number of halogens is 3. The first kappa shape index (κ1) is 13.7. The van der Waals surface area contributed by atoms with E-state index in [1.165, 1.54) is 7.11 Å². The highest BCUT2D eigenvalue weighted by Crippen LogP contribution is 2.31. The number of alkyl halides is 3. The van der Waals surface area contributed by atoms with E-state index in [9.17, 15) is 13.2 Å². The lowest BCUT2D eigenvalue weighted by molar-refractivity contribution is -0.136. The average molecular weight is 272 g/mol. The highest BCUT2D eigenvalue weighted by Gasteiger charge is 2.28. The summed E-state index contributed by atoms with van der Waals surface area (Å²) in [6, 6.07) is 4.72. The number of aromatic amines is 1. The number of hydrogen-bond acceptors (Lipinski definition) is 2. The van der Waals surface area contributed by atoms with Gasteiger partial charge in [0.1, 0.15) is 5.75 Å². The van der Waals surface area contributed by atoms with Gasteiger partial charge in [0.25, 0.3) is 0 Å². The number of rotatable bonds is 4. The molecule has 1 aromatic heterocycles. The summed E-state index contributed by atoms with van der Waals surface area (Å²) in [6.07, 6.45) is -3.54. The van der Waals surface area contributed by atoms with Crippen LogP contribution < -0.4 is 10.5 Å². The van der Waals surface area contributed by atoms with E-state index in [1.54, 1.807) is 18.3 Å². The average Bonchev–Trinajstić information content (AvgIpc) is 2.77. The zero-order valence-electron chi connectivity index (χ0n) is 10.4. The van der Waals surface area contributed by atoms with Crippen LogP contribution in [0.5, 0.6) is 5.75 Å². The van der Waals surface area contributed by atoms with Crippen LogP contribution in [0, 0.1) is 0 Å². The van der Waals surface area contributed by atoms with Gasteiger partial charge in [-0.05, 0) is 30.2 Å². The minimum Gasteiger partial charge on any atom is -0.497 e. The lowest BCUT2D eigenvalue weighted by Gasteiger charge is -2.12. The summed E-state index contributed by atoms with van der Waals surface area (Å²) in [6.45, 7) is 0. The molecule has 0 bridgehead atoms. The molecule has 19 heavy (non-hydrogen) atoms. The molecule has 1 heterocycles. The maximum Gasteiger partial charge on any atom is 0.389 e. The van der Waals surface area contributed by atoms with Gasteiger partial charge < -0.3 is 15.5 Å². The van der Waals surface area contributed by atoms with Gasteiger partial charge in [-0.3, -0.25) is 0 Å². The second kappa shape index (κ2) is 5.13. The van der Waals surface area contributed by atoms with E-state index in [-0.39, 0.29) is 6.42 Å². The van der Waals surface area contributed by atoms with Gasteiger partial charge in [0.2, 0.25) is 0 Å². The third kappa shape index (κ3) is 3.20. The Morgan fingerprint density at radius 3 is 2.74 bits per heavy atom. The Kier molecular flexibility index (Phi) is 3.71. The van der Waals surface area contributed by atoms with E-state index < -0.39 is 18.6 Å². The number of aromatic nitrogens is 1. The molecule has 1 atom stereocenters. The number of nitrogens with one attached hydrogen (secondary N) is 1. The molecule has 3 N–H and O–H groups in total. The van der Waals surface area contributed by atoms with Crippen molar-refractivity contribution in [3.63, 3.8) is 0 Å². The van der Waals surface area contributed by atoms with Crippen LogP contribution in [0.25, 0.3) is 10.9 Å². The van der Waals surface area contributed by atoms with Crippen LogP contribution >= 0.6 is 0 Å². The number of hydrogen-bond donors (Lipinski definition) is 2. The second-order valence-corrected chi connectivity index (χ2v) is 4.42. The highest BCUT2D eigenvalue weighted by atomic mass is 19.4. The van der Waals surface area contributed by atoms with E-state index in [1.807, 2.05) is 6.07 Å². The van der Waals surface area contributed by atoms with Gasteiger partial charge >= 0.3 is 6.18 Å². The number of methoxy groups -OCH3 is 1. The molecule has 2 rings (SSSR count). The van der Waals surface area contributed by atoms with Gasteiger partial charge in [0.05, 0.1) is 7.11 Å². The number of fused-ring (bicyclic) bond motifs is 1. The zero-order chi connectivity index (χ0) is 14.0. The van der Waals surface area contributed by atoms with Crippen LogP contribution in [0.1, 0.15) is 24.4 Å². The van der Waals surface area contributed by atoms with E-state index in [0.717, 1.165) is 10.9 Å². The van der Waals surface area contributed by atoms with E-state index >= 15 is 0 Å². The molecule has 3 nitrogen and oxygen atoms in total. The van der Waals surface area contributed by atoms with Crippen molar-refractivity contribution in [1.82, 2.24) is 4.98 Å². The quantitative estimate of drug-likeness (QED) is 0.894. The molecule has 0 radical (unpaired) electrons. The summed E-state index contributed by atoms with van der Waals surface area (Å²) < 4.78 is 41.7. The van der Waals surface area contributed by atoms with Crippen molar-refractivity contribution in [2.45, 2.75) is 25.1 Å². The van der Waals surface area contributed by atoms with Crippen LogP contribution in [-0.2, 0) is 0 Å². The van der Waals surface area contributed by atoms with Gasteiger partial charge in [-0.1, -0.05) is 0 Å². The van der Waals surface area contributed by atoms with Gasteiger partial charge in [0, 0.05) is 29.6 Å². The summed E-state index contributed by atoms with van der Waals surface area (Å²) in [5.41, 5.74) is 7.35. The zero-order valence-corrected chi connectivity index (χ0v) is 10.4. The topological polar surface area (TPSA) is 51.0 Å². The maximum absolute atomic E-state index is 12.2. The smallest absolute Gasteiger partial charge is 0.389 e. The number of H-pyrrole nitrogens is 1. The van der Waals surface area contributed by atoms with Gasteiger partial charge in [-0.25, -0.2) is 0 Å². The number of nitrogens with two attached hydrogens (primary N) is 1. The maximum atomic E-state index is 12.2. The standard InChI is InChI=1S/C13H15F3N2O/c1-19-8-2-3-12-9(6-8)10(7-18-12)11(17)4-5-13(14,15)16/h2-3,6-7,11,18H,4-5,17H2,1H3/t11-/m0/s1. The Balaban J connectivity index is 2.24. The number of ether oxygens (including phenoxy) is 1. The molecule has 0 aliphatic heterocycles. The van der Waals surface area contributed by atoms with Gasteiger partial charge in [0.15, 0.2) is 0 Å². The summed E-state index contributed by atoms with van der Waals surface area (Å²) in [5.74, 6) is 0.649. The van der Waals surface area contributed by atoms with E-state index in [4.69, 9.17) is 10.5 Å². The fourth-order valence-electron chi connectivity index (χ4n) is 2.03. The molecule has 0 amide bonds. The third-order valence-electron chi connectivity index (χ3n) is 3.06. The minimum absolute atomic E-state index is 0.131. The SMILES string of the molecule is COc1ccc2[nH]cc([C@@H](N)CCC(F)(F)F)c2c1. The van der Waals surface area contributed by atoms with Crippen molar-refractivity contribution < 1.29 is 17.9 Å². The highest BCUT2D eigenvalue weighted by molar-refractivity contribution is 5.85. The first-order valence-corrected chi connectivity index (χ1v) is 5.88. The number of benzene rings is 1. The van der Waals surface area contributed by atoms with Crippen molar-refractivity contribution in [3.8, 4) is 5.75 Å². The molecule has 0 aliphatic rings. The fraction of sp³-hybridized carbons (Fsp3) is 0.385. The van der Waals surface area contributed by atoms with Crippen molar-refractivity contribution in [3.05, 3.63) is 30.0 Å². The van der Waals surface area contributed by atoms with Gasteiger partial charge in [-0.2, -0.15) is 13.2 Å². The molecule has 1 aromatic carbocycles. The van der Waals surface area contributed by atoms with Crippen LogP contribution in [0.4, 0.5) is 13.2 Å². The van der Waals surface area contributed by atoms with Crippen molar-refractivity contribution >= 4 is 10.9 Å². The molecule has 6 heteroatoms. The first-order valence-electron chi connectivity index (χ1n) is 5.88. The molecule has 104 valence electrons. The Bertz CT molecular complexity index is 563. The molecule has 0 saturated carbocycles. The van der Waals surface area contributed by atoms with Crippen LogP contribution in [0.3, 0.4) is 0 Å². The molecular weight excluding hydrogens is 257 g/mol. The van der Waals surface area contributed by atoms with Crippen LogP contribution in [-0.4, -0.2) is 18.3 Å². The molecule has 2 aromatic rings. The predicted molar refractivity (Wildman–Crippen MR) is 67.1 cm³/mol. The summed E-state index contributed by atoms with van der Waals surface area (Å²) in [5, 5.41) is 0.800. The Morgan fingerprint density at radius 1 is 1.37 bits per heavy atom. The monoisotopic (exact) mass is 272 g/mol. The van der Waals surface area contributed by atoms with Gasteiger partial charge in [-0.15, -0.1) is 0 Å². The molecule has 0 saturated heterocycles. The third-order valence-corrected chi connectivity index (χ3v) is 3.06. The first-order chi connectivity index (χ1) is 8.90. The Morgan fingerprint density at radius 2 is 2.11 bits per heavy atom. The van der Waals surface area contributed by atoms with Crippen molar-refractivity contribution in [1.29, 1.82) is 0 Å². The Hall–Kier alpha value is -1.69.